The maximum atomic E-state index is 12.5. The Morgan fingerprint density at radius 1 is 1.03 bits per heavy atom. The molecule has 0 aliphatic carbocycles. The molecule has 0 radical (unpaired) electrons. The van der Waals surface area contributed by atoms with Gasteiger partial charge in [-0.1, -0.05) is 24.3 Å². The van der Waals surface area contributed by atoms with E-state index in [2.05, 4.69) is 27.6 Å². The van der Waals surface area contributed by atoms with E-state index in [-0.39, 0.29) is 5.91 Å². The largest absolute Gasteiger partial charge is 0.494 e. The first kappa shape index (κ1) is 18.7. The highest BCUT2D eigenvalue weighted by molar-refractivity contribution is 5.95. The van der Waals surface area contributed by atoms with Crippen LogP contribution < -0.4 is 15.1 Å². The van der Waals surface area contributed by atoms with Gasteiger partial charge in [0.05, 0.1) is 12.8 Å². The van der Waals surface area contributed by atoms with Crippen LogP contribution in [0.2, 0.25) is 0 Å². The minimum Gasteiger partial charge on any atom is -0.494 e. The van der Waals surface area contributed by atoms with Crippen molar-refractivity contribution >= 4 is 17.8 Å². The maximum absolute atomic E-state index is 12.5. The quantitative estimate of drug-likeness (QED) is 0.506. The zero-order chi connectivity index (χ0) is 20.1. The Labute approximate surface area is 170 Å². The second kappa shape index (κ2) is 8.61. The van der Waals surface area contributed by atoms with Crippen LogP contribution in [0.15, 0.2) is 77.9 Å². The predicted octanol–water partition coefficient (Wildman–Crippen LogP) is 4.37. The van der Waals surface area contributed by atoms with Crippen LogP contribution in [0.25, 0.3) is 0 Å². The monoisotopic (exact) mass is 385 g/mol. The van der Waals surface area contributed by atoms with Crippen molar-refractivity contribution in [2.75, 3.05) is 11.5 Å². The molecule has 0 fully saturated rings. The number of ether oxygens (including phenoxy) is 1. The molecule has 0 spiro atoms. The molecule has 1 aliphatic heterocycles. The molecule has 0 aromatic heterocycles. The number of rotatable bonds is 6. The van der Waals surface area contributed by atoms with Gasteiger partial charge >= 0.3 is 0 Å². The molecule has 1 heterocycles. The third kappa shape index (κ3) is 4.46. The Kier molecular flexibility index (Phi) is 5.56. The van der Waals surface area contributed by atoms with Gasteiger partial charge in [0.2, 0.25) is 0 Å². The highest BCUT2D eigenvalue weighted by atomic mass is 16.5. The normalized spacial score (nSPS) is 12.8. The third-order valence-corrected chi connectivity index (χ3v) is 4.88. The molecule has 5 heteroatoms. The highest BCUT2D eigenvalue weighted by Crippen LogP contribution is 2.28. The lowest BCUT2D eigenvalue weighted by atomic mass is 10.1. The van der Waals surface area contributed by atoms with E-state index in [1.807, 2.05) is 67.6 Å². The van der Waals surface area contributed by atoms with E-state index in [9.17, 15) is 4.79 Å². The summed E-state index contributed by atoms with van der Waals surface area (Å²) in [5.74, 6) is 0.601. The molecule has 3 aromatic rings. The first-order chi connectivity index (χ1) is 14.2. The number of hydrazone groups is 1. The average Bonchev–Trinajstić information content (AvgIpc) is 3.19. The first-order valence-electron chi connectivity index (χ1n) is 9.71. The lowest BCUT2D eigenvalue weighted by Gasteiger charge is -2.17. The molecule has 29 heavy (non-hydrogen) atoms. The Balaban J connectivity index is 1.38. The van der Waals surface area contributed by atoms with Crippen LogP contribution in [0.1, 0.15) is 34.0 Å². The van der Waals surface area contributed by atoms with Crippen molar-refractivity contribution in [2.45, 2.75) is 20.0 Å². The average molecular weight is 385 g/mol. The highest BCUT2D eigenvalue weighted by Gasteiger charge is 2.20. The molecule has 0 saturated carbocycles. The van der Waals surface area contributed by atoms with E-state index >= 15 is 0 Å². The lowest BCUT2D eigenvalue weighted by molar-refractivity contribution is 0.0955. The van der Waals surface area contributed by atoms with Crippen LogP contribution in [-0.2, 0) is 13.1 Å². The summed E-state index contributed by atoms with van der Waals surface area (Å²) in [6, 6.07) is 23.7. The van der Waals surface area contributed by atoms with Gasteiger partial charge in [-0.15, -0.1) is 0 Å². The lowest BCUT2D eigenvalue weighted by Crippen LogP contribution is -2.17. The summed E-state index contributed by atoms with van der Waals surface area (Å²) in [4.78, 5) is 14.8. The molecular weight excluding hydrogens is 362 g/mol. The summed E-state index contributed by atoms with van der Waals surface area (Å²) < 4.78 is 5.42. The van der Waals surface area contributed by atoms with Crippen molar-refractivity contribution < 1.29 is 9.53 Å². The van der Waals surface area contributed by atoms with Crippen LogP contribution in [0.4, 0.5) is 5.69 Å². The van der Waals surface area contributed by atoms with E-state index in [1.54, 1.807) is 6.21 Å². The second-order valence-electron chi connectivity index (χ2n) is 6.88. The molecule has 0 bridgehead atoms. The number of nitrogens with zero attached hydrogens (tertiary/aromatic N) is 2. The molecule has 4 rings (SSSR count). The Hall–Kier alpha value is -3.60. The Bertz CT molecular complexity index is 1010. The minimum absolute atomic E-state index is 0.215. The van der Waals surface area contributed by atoms with Gasteiger partial charge in [0.25, 0.3) is 5.91 Å². The van der Waals surface area contributed by atoms with Gasteiger partial charge in [-0.05, 0) is 72.1 Å². The van der Waals surface area contributed by atoms with Gasteiger partial charge < -0.3 is 9.64 Å². The van der Waals surface area contributed by atoms with Crippen molar-refractivity contribution in [1.29, 1.82) is 0 Å². The number of anilines is 1. The van der Waals surface area contributed by atoms with Crippen molar-refractivity contribution in [1.82, 2.24) is 5.43 Å². The van der Waals surface area contributed by atoms with Crippen LogP contribution in [-0.4, -0.2) is 18.7 Å². The summed E-state index contributed by atoms with van der Waals surface area (Å²) in [6.45, 7) is 4.24. The zero-order valence-electron chi connectivity index (χ0n) is 16.3. The summed E-state index contributed by atoms with van der Waals surface area (Å²) in [5, 5.41) is 4.07. The van der Waals surface area contributed by atoms with Gasteiger partial charge in [-0.2, -0.15) is 5.10 Å². The second-order valence-corrected chi connectivity index (χ2v) is 6.88. The molecule has 0 atom stereocenters. The molecule has 0 saturated heterocycles. The third-order valence-electron chi connectivity index (χ3n) is 4.88. The minimum atomic E-state index is -0.215. The number of fused-ring (bicyclic) bond motifs is 1. The van der Waals surface area contributed by atoms with Crippen molar-refractivity contribution in [2.24, 2.45) is 5.10 Å². The van der Waals surface area contributed by atoms with E-state index in [0.717, 1.165) is 24.4 Å². The fourth-order valence-corrected chi connectivity index (χ4v) is 3.40. The summed E-state index contributed by atoms with van der Waals surface area (Å²) in [7, 11) is 0. The van der Waals surface area contributed by atoms with Gasteiger partial charge in [-0.25, -0.2) is 5.43 Å². The summed E-state index contributed by atoms with van der Waals surface area (Å²) >= 11 is 0. The number of benzene rings is 3. The van der Waals surface area contributed by atoms with Crippen molar-refractivity contribution in [3.63, 3.8) is 0 Å². The molecule has 1 aliphatic rings. The van der Waals surface area contributed by atoms with Crippen LogP contribution in [0.5, 0.6) is 5.75 Å². The molecule has 146 valence electrons. The Morgan fingerprint density at radius 2 is 1.79 bits per heavy atom. The molecule has 5 nitrogen and oxygen atoms in total. The number of amides is 1. The number of carbonyl (C=O) groups excluding carboxylic acids is 1. The predicted molar refractivity (Wildman–Crippen MR) is 115 cm³/mol. The fourth-order valence-electron chi connectivity index (χ4n) is 3.40. The van der Waals surface area contributed by atoms with Crippen molar-refractivity contribution in [3.8, 4) is 5.75 Å². The molecule has 1 N–H and O–H groups in total. The SMILES string of the molecule is CCOc1ccc(C=NNC(=O)c2ccc3c(c2)CN(c2ccccc2)C3)cc1. The van der Waals surface area contributed by atoms with Gasteiger partial charge in [-0.3, -0.25) is 4.79 Å². The number of nitrogens with one attached hydrogen (secondary N) is 1. The zero-order valence-corrected chi connectivity index (χ0v) is 16.3. The van der Waals surface area contributed by atoms with Crippen LogP contribution in [0.3, 0.4) is 0 Å². The molecule has 1 amide bonds. The smallest absolute Gasteiger partial charge is 0.271 e. The van der Waals surface area contributed by atoms with Crippen molar-refractivity contribution in [3.05, 3.63) is 95.1 Å². The van der Waals surface area contributed by atoms with Crippen LogP contribution >= 0.6 is 0 Å². The summed E-state index contributed by atoms with van der Waals surface area (Å²) in [5.41, 5.74) is 7.73. The standard InChI is InChI=1S/C24H23N3O2/c1-2-29-23-12-8-18(9-13-23)15-25-26-24(28)19-10-11-20-16-27(17-21(20)14-19)22-6-4-3-5-7-22/h3-15H,2,16-17H2,1H3,(H,26,28). The van der Waals surface area contributed by atoms with E-state index in [0.29, 0.717) is 12.2 Å². The molecule has 0 unspecified atom stereocenters. The number of carbonyl (C=O) groups is 1. The number of para-hydroxylation sites is 1. The Morgan fingerprint density at radius 3 is 2.55 bits per heavy atom. The maximum Gasteiger partial charge on any atom is 0.271 e. The van der Waals surface area contributed by atoms with Gasteiger partial charge in [0, 0.05) is 24.3 Å². The van der Waals surface area contributed by atoms with Crippen LogP contribution in [0, 0.1) is 0 Å². The van der Waals surface area contributed by atoms with Gasteiger partial charge in [0.15, 0.2) is 0 Å². The first-order valence-corrected chi connectivity index (χ1v) is 9.71. The van der Waals surface area contributed by atoms with E-state index in [1.165, 1.54) is 16.8 Å². The number of hydrogen-bond donors (Lipinski definition) is 1. The topological polar surface area (TPSA) is 53.9 Å². The van der Waals surface area contributed by atoms with E-state index < -0.39 is 0 Å². The summed E-state index contributed by atoms with van der Waals surface area (Å²) in [6.07, 6.45) is 1.62. The molecular formula is C24H23N3O2. The molecule has 3 aromatic carbocycles. The fraction of sp³-hybridized carbons (Fsp3) is 0.167. The van der Waals surface area contributed by atoms with E-state index in [4.69, 9.17) is 4.74 Å². The number of hydrogen-bond acceptors (Lipinski definition) is 4. The van der Waals surface area contributed by atoms with Gasteiger partial charge in [0.1, 0.15) is 5.75 Å².